The van der Waals surface area contributed by atoms with E-state index in [0.717, 1.165) is 0 Å². The summed E-state index contributed by atoms with van der Waals surface area (Å²) in [5.74, 6) is 0.315. The van der Waals surface area contributed by atoms with Crippen molar-refractivity contribution in [1.82, 2.24) is 0 Å². The molecule has 0 aliphatic carbocycles. The Morgan fingerprint density at radius 3 is 2.29 bits per heavy atom. The highest BCUT2D eigenvalue weighted by Crippen LogP contribution is 2.08. The van der Waals surface area contributed by atoms with Crippen LogP contribution >= 0.6 is 34.2 Å². The molecule has 0 rings (SSSR count). The Hall–Kier alpha value is 0.980. The summed E-state index contributed by atoms with van der Waals surface area (Å²) in [6.07, 6.45) is 0. The molecule has 0 heterocycles. The van der Waals surface area contributed by atoms with Gasteiger partial charge in [0, 0.05) is 4.43 Å². The van der Waals surface area contributed by atoms with Crippen molar-refractivity contribution in [3.05, 3.63) is 0 Å². The molecule has 1 atom stereocenters. The second-order valence-corrected chi connectivity index (χ2v) is 2.79. The molecule has 0 aromatic rings. The predicted molar refractivity (Wildman–Crippen MR) is 40.2 cm³/mol. The van der Waals surface area contributed by atoms with Gasteiger partial charge in [-0.05, 0) is 6.92 Å². The van der Waals surface area contributed by atoms with Crippen molar-refractivity contribution in [2.45, 2.75) is 12.5 Å². The molecule has 0 fully saturated rings. The lowest BCUT2D eigenvalue weighted by atomic mass is 10.2. The average molecular weight is 234 g/mol. The normalized spacial score (nSPS) is 18.9. The van der Waals surface area contributed by atoms with Crippen LogP contribution in [0.2, 0.25) is 0 Å². The van der Waals surface area contributed by atoms with Crippen LogP contribution in [0.1, 0.15) is 6.92 Å². The Bertz CT molecular complexity index is 49.7. The number of rotatable bonds is 2. The lowest BCUT2D eigenvalue weighted by Crippen LogP contribution is -2.27. The van der Waals surface area contributed by atoms with Crippen LogP contribution in [-0.2, 0) is 0 Å². The molecule has 0 radical (unpaired) electrons. The minimum Gasteiger partial charge on any atom is -0.388 e. The molecule has 0 saturated carbocycles. The van der Waals surface area contributed by atoms with Crippen molar-refractivity contribution in [2.75, 3.05) is 10.3 Å². The van der Waals surface area contributed by atoms with Gasteiger partial charge in [0.1, 0.15) is 0 Å². The Morgan fingerprint density at radius 1 is 1.86 bits per heavy atom. The Morgan fingerprint density at radius 2 is 2.29 bits per heavy atom. The third kappa shape index (κ3) is 3.55. The van der Waals surface area contributed by atoms with Crippen molar-refractivity contribution in [1.29, 1.82) is 0 Å². The summed E-state index contributed by atoms with van der Waals surface area (Å²) >= 11 is 7.43. The molecule has 3 heteroatoms. The van der Waals surface area contributed by atoms with E-state index in [4.69, 9.17) is 16.7 Å². The Kier molecular flexibility index (Phi) is 3.53. The smallest absolute Gasteiger partial charge is 0.0843 e. The van der Waals surface area contributed by atoms with Gasteiger partial charge < -0.3 is 5.11 Å². The minimum atomic E-state index is -0.665. The topological polar surface area (TPSA) is 20.2 Å². The number of hydrogen-bond acceptors (Lipinski definition) is 1. The monoisotopic (exact) mass is 234 g/mol. The maximum atomic E-state index is 8.99. The van der Waals surface area contributed by atoms with Crippen LogP contribution in [-0.4, -0.2) is 21.0 Å². The van der Waals surface area contributed by atoms with Gasteiger partial charge in [0.15, 0.2) is 0 Å². The van der Waals surface area contributed by atoms with E-state index in [-0.39, 0.29) is 0 Å². The maximum Gasteiger partial charge on any atom is 0.0843 e. The molecule has 0 bridgehead atoms. The fourth-order valence-corrected chi connectivity index (χ4v) is 0.719. The maximum absolute atomic E-state index is 8.99. The van der Waals surface area contributed by atoms with Crippen molar-refractivity contribution < 1.29 is 5.11 Å². The van der Waals surface area contributed by atoms with Gasteiger partial charge in [-0.2, -0.15) is 0 Å². The molecule has 1 nitrogen and oxygen atoms in total. The zero-order valence-corrected chi connectivity index (χ0v) is 7.03. The fourth-order valence-electron chi connectivity index (χ4n) is 0.0357. The summed E-state index contributed by atoms with van der Waals surface area (Å²) in [6.45, 7) is 1.71. The van der Waals surface area contributed by atoms with Crippen molar-refractivity contribution in [3.8, 4) is 0 Å². The molecule has 0 aliphatic rings. The van der Waals surface area contributed by atoms with Crippen molar-refractivity contribution in [2.24, 2.45) is 0 Å². The fraction of sp³-hybridized carbons (Fsp3) is 1.00. The second-order valence-electron chi connectivity index (χ2n) is 1.76. The first-order valence-electron chi connectivity index (χ1n) is 1.97. The molecule has 0 saturated heterocycles. The molecule has 0 spiro atoms. The van der Waals surface area contributed by atoms with E-state index in [1.165, 1.54) is 0 Å². The Labute approximate surface area is 62.2 Å². The second kappa shape index (κ2) is 3.10. The van der Waals surface area contributed by atoms with Crippen LogP contribution in [0.25, 0.3) is 0 Å². The van der Waals surface area contributed by atoms with Crippen LogP contribution in [0.5, 0.6) is 0 Å². The van der Waals surface area contributed by atoms with Gasteiger partial charge in [-0.25, -0.2) is 0 Å². The average Bonchev–Trinajstić information content (AvgIpc) is 1.68. The summed E-state index contributed by atoms with van der Waals surface area (Å²) < 4.78 is 0.689. The minimum absolute atomic E-state index is 0.315. The quantitative estimate of drug-likeness (QED) is 0.566. The van der Waals surface area contributed by atoms with Crippen LogP contribution in [0, 0.1) is 0 Å². The van der Waals surface area contributed by atoms with E-state index in [1.807, 2.05) is 0 Å². The molecule has 0 aliphatic heterocycles. The highest BCUT2D eigenvalue weighted by Gasteiger charge is 2.15. The van der Waals surface area contributed by atoms with Gasteiger partial charge in [-0.1, -0.05) is 22.6 Å². The van der Waals surface area contributed by atoms with E-state index in [0.29, 0.717) is 10.3 Å². The standard InChI is InChI=1S/C4H8ClIO/c1-4(7,2-5)3-6/h7H,2-3H2,1H3. The van der Waals surface area contributed by atoms with E-state index in [9.17, 15) is 0 Å². The zero-order valence-electron chi connectivity index (χ0n) is 4.12. The van der Waals surface area contributed by atoms with Crippen LogP contribution < -0.4 is 0 Å². The van der Waals surface area contributed by atoms with Crippen LogP contribution in [0.15, 0.2) is 0 Å². The SMILES string of the molecule is CC(O)(CCl)CI. The largest absolute Gasteiger partial charge is 0.388 e. The van der Waals surface area contributed by atoms with Gasteiger partial charge in [-0.3, -0.25) is 0 Å². The lowest BCUT2D eigenvalue weighted by Gasteiger charge is -2.14. The van der Waals surface area contributed by atoms with E-state index >= 15 is 0 Å². The van der Waals surface area contributed by atoms with E-state index in [2.05, 4.69) is 22.6 Å². The summed E-state index contributed by atoms with van der Waals surface area (Å²) in [6, 6.07) is 0. The molecule has 0 aromatic carbocycles. The Balaban J connectivity index is 3.36. The third-order valence-corrected chi connectivity index (χ3v) is 2.79. The molecule has 1 N–H and O–H groups in total. The number of aliphatic hydroxyl groups is 1. The van der Waals surface area contributed by atoms with Gasteiger partial charge in [0.05, 0.1) is 11.5 Å². The molecular formula is C4H8ClIO. The van der Waals surface area contributed by atoms with Gasteiger partial charge in [0.25, 0.3) is 0 Å². The lowest BCUT2D eigenvalue weighted by molar-refractivity contribution is 0.114. The molecule has 0 aromatic heterocycles. The number of halogens is 2. The summed E-state index contributed by atoms with van der Waals surface area (Å²) in [5, 5.41) is 8.99. The van der Waals surface area contributed by atoms with Crippen LogP contribution in [0.3, 0.4) is 0 Å². The number of alkyl halides is 2. The zero-order chi connectivity index (χ0) is 5.91. The molecule has 0 amide bonds. The van der Waals surface area contributed by atoms with Gasteiger partial charge >= 0.3 is 0 Å². The van der Waals surface area contributed by atoms with E-state index in [1.54, 1.807) is 6.92 Å². The first kappa shape index (κ1) is 7.98. The molecule has 1 unspecified atom stereocenters. The van der Waals surface area contributed by atoms with Crippen molar-refractivity contribution >= 4 is 34.2 Å². The number of hydrogen-bond donors (Lipinski definition) is 1. The first-order chi connectivity index (χ1) is 3.12. The summed E-state index contributed by atoms with van der Waals surface area (Å²) in [7, 11) is 0. The van der Waals surface area contributed by atoms with Gasteiger partial charge in [0.2, 0.25) is 0 Å². The highest BCUT2D eigenvalue weighted by atomic mass is 127. The third-order valence-electron chi connectivity index (χ3n) is 0.576. The van der Waals surface area contributed by atoms with Crippen molar-refractivity contribution in [3.63, 3.8) is 0 Å². The molecule has 7 heavy (non-hydrogen) atoms. The predicted octanol–water partition coefficient (Wildman–Crippen LogP) is 1.41. The highest BCUT2D eigenvalue weighted by molar-refractivity contribution is 14.1. The summed E-state index contributed by atoms with van der Waals surface area (Å²) in [4.78, 5) is 0. The molecule has 44 valence electrons. The summed E-state index contributed by atoms with van der Waals surface area (Å²) in [5.41, 5.74) is -0.665. The first-order valence-corrected chi connectivity index (χ1v) is 4.03. The van der Waals surface area contributed by atoms with Crippen LogP contribution in [0.4, 0.5) is 0 Å². The van der Waals surface area contributed by atoms with Gasteiger partial charge in [-0.15, -0.1) is 11.6 Å². The molecular weight excluding hydrogens is 226 g/mol. The van der Waals surface area contributed by atoms with E-state index < -0.39 is 5.60 Å².